The molecule has 1 atom stereocenters. The molecule has 0 N–H and O–H groups in total. The van der Waals surface area contributed by atoms with Gasteiger partial charge in [-0.05, 0) is 36.6 Å². The van der Waals surface area contributed by atoms with Crippen LogP contribution in [0.1, 0.15) is 31.4 Å². The molecule has 1 aliphatic heterocycles. The van der Waals surface area contributed by atoms with Crippen LogP contribution in [0, 0.1) is 0 Å². The Kier molecular flexibility index (Phi) is 4.23. The van der Waals surface area contributed by atoms with Gasteiger partial charge in [-0.1, -0.05) is 18.2 Å². The fourth-order valence-electron chi connectivity index (χ4n) is 2.37. The monoisotopic (exact) mass is 273 g/mol. The van der Waals surface area contributed by atoms with Crippen molar-refractivity contribution in [2.45, 2.75) is 25.8 Å². The van der Waals surface area contributed by atoms with Gasteiger partial charge < -0.3 is 9.64 Å². The third-order valence-corrected chi connectivity index (χ3v) is 3.69. The fourth-order valence-corrected chi connectivity index (χ4v) is 2.37. The summed E-state index contributed by atoms with van der Waals surface area (Å²) in [6, 6.07) is 7.37. The van der Waals surface area contributed by atoms with Gasteiger partial charge >= 0.3 is 0 Å². The molecule has 106 valence electrons. The normalized spacial score (nSPS) is 19.4. The van der Waals surface area contributed by atoms with Gasteiger partial charge in [0, 0.05) is 13.5 Å². The van der Waals surface area contributed by atoms with Crippen molar-refractivity contribution >= 4 is 11.7 Å². The molecule has 0 radical (unpaired) electrons. The van der Waals surface area contributed by atoms with Crippen LogP contribution in [-0.4, -0.2) is 30.7 Å². The first-order valence-corrected chi connectivity index (χ1v) is 6.64. The maximum Gasteiger partial charge on any atom is 0.223 e. The van der Waals surface area contributed by atoms with Crippen LogP contribution in [-0.2, 0) is 9.59 Å². The SMILES string of the molecule is COc1ccc(C2C=C(C(C)=O)CCC(=O)N2C)cc1. The largest absolute Gasteiger partial charge is 0.497 e. The van der Waals surface area contributed by atoms with E-state index in [2.05, 4.69) is 0 Å². The lowest BCUT2D eigenvalue weighted by Gasteiger charge is -2.25. The van der Waals surface area contributed by atoms with Gasteiger partial charge in [-0.2, -0.15) is 0 Å². The maximum absolute atomic E-state index is 12.0. The molecule has 0 spiro atoms. The van der Waals surface area contributed by atoms with Crippen LogP contribution >= 0.6 is 0 Å². The summed E-state index contributed by atoms with van der Waals surface area (Å²) in [4.78, 5) is 25.4. The van der Waals surface area contributed by atoms with Crippen LogP contribution in [0.5, 0.6) is 5.75 Å². The Morgan fingerprint density at radius 3 is 2.45 bits per heavy atom. The number of hydrogen-bond acceptors (Lipinski definition) is 3. The molecule has 4 nitrogen and oxygen atoms in total. The van der Waals surface area contributed by atoms with E-state index < -0.39 is 0 Å². The van der Waals surface area contributed by atoms with E-state index >= 15 is 0 Å². The van der Waals surface area contributed by atoms with Crippen molar-refractivity contribution in [3.05, 3.63) is 41.5 Å². The van der Waals surface area contributed by atoms with E-state index in [-0.39, 0.29) is 17.7 Å². The van der Waals surface area contributed by atoms with Crippen LogP contribution in [0.2, 0.25) is 0 Å². The van der Waals surface area contributed by atoms with E-state index in [1.165, 1.54) is 0 Å². The average Bonchev–Trinajstić information content (AvgIpc) is 2.60. The molecule has 0 aliphatic carbocycles. The van der Waals surface area contributed by atoms with Crippen LogP contribution in [0.25, 0.3) is 0 Å². The molecule has 1 aromatic rings. The molecule has 1 unspecified atom stereocenters. The lowest BCUT2D eigenvalue weighted by molar-refractivity contribution is -0.130. The third-order valence-electron chi connectivity index (χ3n) is 3.69. The number of methoxy groups -OCH3 is 1. The van der Waals surface area contributed by atoms with Gasteiger partial charge in [0.2, 0.25) is 5.91 Å². The summed E-state index contributed by atoms with van der Waals surface area (Å²) >= 11 is 0. The molecule has 2 rings (SSSR count). The van der Waals surface area contributed by atoms with Crippen LogP contribution in [0.4, 0.5) is 0 Å². The summed E-state index contributed by atoms with van der Waals surface area (Å²) in [5.41, 5.74) is 1.70. The molecule has 0 saturated carbocycles. The quantitative estimate of drug-likeness (QED) is 0.850. The van der Waals surface area contributed by atoms with E-state index in [0.717, 1.165) is 16.9 Å². The third kappa shape index (κ3) is 2.90. The number of likely N-dealkylation sites (N-methyl/N-ethyl adjacent to an activating group) is 1. The number of benzene rings is 1. The highest BCUT2D eigenvalue weighted by Crippen LogP contribution is 2.29. The summed E-state index contributed by atoms with van der Waals surface area (Å²) in [6.07, 6.45) is 2.80. The van der Waals surface area contributed by atoms with Gasteiger partial charge in [0.1, 0.15) is 5.75 Å². The summed E-state index contributed by atoms with van der Waals surface area (Å²) < 4.78 is 5.14. The zero-order valence-corrected chi connectivity index (χ0v) is 12.1. The first-order chi connectivity index (χ1) is 9.52. The topological polar surface area (TPSA) is 46.6 Å². The van der Waals surface area contributed by atoms with Crippen molar-refractivity contribution in [1.29, 1.82) is 0 Å². The number of Topliss-reactive ketones (excluding diaryl/α,β-unsaturated/α-hetero) is 1. The predicted molar refractivity (Wildman–Crippen MR) is 76.5 cm³/mol. The van der Waals surface area contributed by atoms with E-state index in [0.29, 0.717) is 12.8 Å². The minimum absolute atomic E-state index is 0.0339. The van der Waals surface area contributed by atoms with Crippen molar-refractivity contribution in [3.8, 4) is 5.75 Å². The number of amides is 1. The smallest absolute Gasteiger partial charge is 0.223 e. The lowest BCUT2D eigenvalue weighted by Crippen LogP contribution is -2.28. The van der Waals surface area contributed by atoms with Gasteiger partial charge in [-0.15, -0.1) is 0 Å². The van der Waals surface area contributed by atoms with Crippen molar-refractivity contribution < 1.29 is 14.3 Å². The molecule has 1 aliphatic rings. The van der Waals surface area contributed by atoms with Gasteiger partial charge in [0.05, 0.1) is 13.2 Å². The Morgan fingerprint density at radius 1 is 1.25 bits per heavy atom. The Hall–Kier alpha value is -2.10. The zero-order valence-electron chi connectivity index (χ0n) is 12.1. The van der Waals surface area contributed by atoms with Gasteiger partial charge in [0.25, 0.3) is 0 Å². The second-order valence-electron chi connectivity index (χ2n) is 4.97. The van der Waals surface area contributed by atoms with Crippen molar-refractivity contribution in [1.82, 2.24) is 4.90 Å². The van der Waals surface area contributed by atoms with E-state index in [4.69, 9.17) is 4.74 Å². The molecular weight excluding hydrogens is 254 g/mol. The van der Waals surface area contributed by atoms with E-state index in [1.54, 1.807) is 26.0 Å². The molecule has 20 heavy (non-hydrogen) atoms. The molecule has 0 fully saturated rings. The van der Waals surface area contributed by atoms with E-state index in [9.17, 15) is 9.59 Å². The van der Waals surface area contributed by atoms with Crippen LogP contribution in [0.15, 0.2) is 35.9 Å². The highest BCUT2D eigenvalue weighted by molar-refractivity contribution is 5.94. The molecule has 1 aromatic carbocycles. The number of hydrogen-bond donors (Lipinski definition) is 0. The molecule has 4 heteroatoms. The Morgan fingerprint density at radius 2 is 1.90 bits per heavy atom. The minimum Gasteiger partial charge on any atom is -0.497 e. The van der Waals surface area contributed by atoms with Gasteiger partial charge in [0.15, 0.2) is 5.78 Å². The summed E-state index contributed by atoms with van der Waals surface area (Å²) in [7, 11) is 3.39. The molecule has 0 aromatic heterocycles. The molecule has 0 bridgehead atoms. The molecule has 0 saturated heterocycles. The zero-order chi connectivity index (χ0) is 14.7. The second-order valence-corrected chi connectivity index (χ2v) is 4.97. The molecule has 1 heterocycles. The lowest BCUT2D eigenvalue weighted by atomic mass is 10.0. The fraction of sp³-hybridized carbons (Fsp3) is 0.375. The van der Waals surface area contributed by atoms with Crippen LogP contribution < -0.4 is 4.74 Å². The average molecular weight is 273 g/mol. The minimum atomic E-state index is -0.199. The first-order valence-electron chi connectivity index (χ1n) is 6.64. The number of ether oxygens (including phenoxy) is 1. The predicted octanol–water partition coefficient (Wildman–Crippen LogP) is 2.50. The second kappa shape index (κ2) is 5.90. The standard InChI is InChI=1S/C16H19NO3/c1-11(18)13-6-9-16(19)17(2)15(10-13)12-4-7-14(20-3)8-5-12/h4-5,7-8,10,15H,6,9H2,1-3H3. The van der Waals surface area contributed by atoms with Gasteiger partial charge in [-0.3, -0.25) is 9.59 Å². The number of rotatable bonds is 3. The van der Waals surface area contributed by atoms with Crippen molar-refractivity contribution in [2.75, 3.05) is 14.2 Å². The molecular formula is C16H19NO3. The highest BCUT2D eigenvalue weighted by Gasteiger charge is 2.25. The summed E-state index contributed by atoms with van der Waals surface area (Å²) in [5, 5.41) is 0. The van der Waals surface area contributed by atoms with Gasteiger partial charge in [-0.25, -0.2) is 0 Å². The van der Waals surface area contributed by atoms with Crippen LogP contribution in [0.3, 0.4) is 0 Å². The highest BCUT2D eigenvalue weighted by atomic mass is 16.5. The Labute approximate surface area is 119 Å². The number of carbonyl (C=O) groups excluding carboxylic acids is 2. The number of carbonyl (C=O) groups is 2. The van der Waals surface area contributed by atoms with E-state index in [1.807, 2.05) is 30.3 Å². The summed E-state index contributed by atoms with van der Waals surface area (Å²) in [5.74, 6) is 0.858. The number of nitrogens with zero attached hydrogens (tertiary/aromatic N) is 1. The maximum atomic E-state index is 12.0. The van der Waals surface area contributed by atoms with Crippen molar-refractivity contribution in [2.24, 2.45) is 0 Å². The number of allylic oxidation sites excluding steroid dienone is 1. The molecule has 1 amide bonds. The summed E-state index contributed by atoms with van der Waals surface area (Å²) in [6.45, 7) is 1.55. The number of ketones is 1. The Balaban J connectivity index is 2.39. The Bertz CT molecular complexity index is 545. The first kappa shape index (κ1) is 14.3. The van der Waals surface area contributed by atoms with Crippen molar-refractivity contribution in [3.63, 3.8) is 0 Å².